The van der Waals surface area contributed by atoms with Crippen molar-refractivity contribution in [2.75, 3.05) is 6.54 Å². The molecule has 1 aromatic heterocycles. The van der Waals surface area contributed by atoms with Crippen LogP contribution in [0.1, 0.15) is 6.42 Å². The molecule has 74 valence electrons. The zero-order chi connectivity index (χ0) is 9.97. The Morgan fingerprint density at radius 2 is 2.14 bits per heavy atom. The molecule has 0 aliphatic heterocycles. The number of fused-ring (bicyclic) bond motifs is 1. The molecule has 2 aromatic rings. The van der Waals surface area contributed by atoms with Crippen molar-refractivity contribution in [1.82, 2.24) is 4.57 Å². The van der Waals surface area contributed by atoms with Crippen molar-refractivity contribution in [3.63, 3.8) is 0 Å². The average molecular weight is 253 g/mol. The summed E-state index contributed by atoms with van der Waals surface area (Å²) in [5.41, 5.74) is 6.77. The van der Waals surface area contributed by atoms with Crippen LogP contribution in [0.4, 0.5) is 0 Å². The Bertz CT molecular complexity index is 434. The normalized spacial score (nSPS) is 11.0. The van der Waals surface area contributed by atoms with Crippen LogP contribution in [0, 0.1) is 0 Å². The van der Waals surface area contributed by atoms with Gasteiger partial charge in [0.2, 0.25) is 0 Å². The fourth-order valence-electron chi connectivity index (χ4n) is 1.61. The third-order valence-electron chi connectivity index (χ3n) is 2.34. The fraction of sp³-hybridized carbons (Fsp3) is 0.273. The van der Waals surface area contributed by atoms with E-state index in [0.717, 1.165) is 24.0 Å². The topological polar surface area (TPSA) is 30.9 Å². The number of hydrogen-bond donors (Lipinski definition) is 1. The lowest BCUT2D eigenvalue weighted by atomic mass is 10.2. The number of benzene rings is 1. The summed E-state index contributed by atoms with van der Waals surface area (Å²) in [6, 6.07) is 8.47. The SMILES string of the molecule is NCCCn1ccc2ccc(Br)cc21. The van der Waals surface area contributed by atoms with Gasteiger partial charge in [-0.25, -0.2) is 0 Å². The van der Waals surface area contributed by atoms with E-state index in [1.807, 2.05) is 0 Å². The molecule has 2 rings (SSSR count). The molecule has 0 saturated heterocycles. The van der Waals surface area contributed by atoms with E-state index in [1.54, 1.807) is 0 Å². The van der Waals surface area contributed by atoms with Gasteiger partial charge in [-0.1, -0.05) is 22.0 Å². The standard InChI is InChI=1S/C11H13BrN2/c12-10-3-2-9-4-7-14(6-1-5-13)11(9)8-10/h2-4,7-8H,1,5-6,13H2. The van der Waals surface area contributed by atoms with Crippen LogP contribution in [-0.2, 0) is 6.54 Å². The van der Waals surface area contributed by atoms with Crippen molar-refractivity contribution in [3.8, 4) is 0 Å². The van der Waals surface area contributed by atoms with E-state index in [1.165, 1.54) is 10.9 Å². The lowest BCUT2D eigenvalue weighted by Gasteiger charge is -2.03. The average Bonchev–Trinajstić information content (AvgIpc) is 2.57. The predicted molar refractivity (Wildman–Crippen MR) is 63.3 cm³/mol. The molecule has 2 N–H and O–H groups in total. The van der Waals surface area contributed by atoms with Crippen molar-refractivity contribution < 1.29 is 0 Å². The van der Waals surface area contributed by atoms with Crippen LogP contribution in [0.5, 0.6) is 0 Å². The van der Waals surface area contributed by atoms with E-state index in [9.17, 15) is 0 Å². The summed E-state index contributed by atoms with van der Waals surface area (Å²) in [5.74, 6) is 0. The zero-order valence-corrected chi connectivity index (χ0v) is 9.50. The molecule has 0 saturated carbocycles. The second-order valence-electron chi connectivity index (χ2n) is 3.35. The second kappa shape index (κ2) is 4.15. The third-order valence-corrected chi connectivity index (χ3v) is 2.83. The Kier molecular flexibility index (Phi) is 2.89. The minimum Gasteiger partial charge on any atom is -0.347 e. The van der Waals surface area contributed by atoms with E-state index >= 15 is 0 Å². The van der Waals surface area contributed by atoms with Crippen LogP contribution in [0.3, 0.4) is 0 Å². The number of hydrogen-bond acceptors (Lipinski definition) is 1. The molecule has 1 heterocycles. The molecule has 0 unspecified atom stereocenters. The van der Waals surface area contributed by atoms with Crippen molar-refractivity contribution >= 4 is 26.8 Å². The summed E-state index contributed by atoms with van der Waals surface area (Å²) in [5, 5.41) is 1.28. The van der Waals surface area contributed by atoms with Crippen molar-refractivity contribution in [2.24, 2.45) is 5.73 Å². The van der Waals surface area contributed by atoms with Gasteiger partial charge in [0.05, 0.1) is 0 Å². The van der Waals surface area contributed by atoms with Gasteiger partial charge in [-0.2, -0.15) is 0 Å². The molecule has 0 aliphatic carbocycles. The molecule has 0 spiro atoms. The first kappa shape index (κ1) is 9.74. The van der Waals surface area contributed by atoms with Gasteiger partial charge in [0.1, 0.15) is 0 Å². The lowest BCUT2D eigenvalue weighted by molar-refractivity contribution is 0.671. The maximum atomic E-state index is 5.50. The van der Waals surface area contributed by atoms with Crippen LogP contribution >= 0.6 is 15.9 Å². The molecule has 0 atom stereocenters. The minimum absolute atomic E-state index is 0.744. The summed E-state index contributed by atoms with van der Waals surface area (Å²) in [4.78, 5) is 0. The maximum Gasteiger partial charge on any atom is 0.0491 e. The maximum absolute atomic E-state index is 5.50. The molecule has 3 heteroatoms. The monoisotopic (exact) mass is 252 g/mol. The van der Waals surface area contributed by atoms with E-state index in [4.69, 9.17) is 5.73 Å². The zero-order valence-electron chi connectivity index (χ0n) is 7.91. The first-order valence-corrected chi connectivity index (χ1v) is 5.55. The molecule has 0 fully saturated rings. The van der Waals surface area contributed by atoms with E-state index in [2.05, 4.69) is 51.0 Å². The van der Waals surface area contributed by atoms with E-state index in [-0.39, 0.29) is 0 Å². The molecule has 0 radical (unpaired) electrons. The van der Waals surface area contributed by atoms with Gasteiger partial charge in [0.25, 0.3) is 0 Å². The van der Waals surface area contributed by atoms with Gasteiger partial charge in [0, 0.05) is 22.7 Å². The molecule has 0 bridgehead atoms. The van der Waals surface area contributed by atoms with Gasteiger partial charge in [0.15, 0.2) is 0 Å². The Morgan fingerprint density at radius 1 is 1.29 bits per heavy atom. The highest BCUT2D eigenvalue weighted by Crippen LogP contribution is 2.20. The summed E-state index contributed by atoms with van der Waals surface area (Å²) >= 11 is 3.48. The minimum atomic E-state index is 0.744. The van der Waals surface area contributed by atoms with Crippen molar-refractivity contribution in [2.45, 2.75) is 13.0 Å². The van der Waals surface area contributed by atoms with Gasteiger partial charge in [-0.3, -0.25) is 0 Å². The summed E-state index contributed by atoms with van der Waals surface area (Å²) in [6.45, 7) is 1.74. The second-order valence-corrected chi connectivity index (χ2v) is 4.27. The number of rotatable bonds is 3. The Balaban J connectivity index is 2.40. The first-order valence-electron chi connectivity index (χ1n) is 4.76. The lowest BCUT2D eigenvalue weighted by Crippen LogP contribution is -2.04. The van der Waals surface area contributed by atoms with Gasteiger partial charge < -0.3 is 10.3 Å². The molecule has 2 nitrogen and oxygen atoms in total. The third kappa shape index (κ3) is 1.83. The number of aromatic nitrogens is 1. The van der Waals surface area contributed by atoms with Crippen LogP contribution < -0.4 is 5.73 Å². The quantitative estimate of drug-likeness (QED) is 0.895. The van der Waals surface area contributed by atoms with Crippen LogP contribution in [0.25, 0.3) is 10.9 Å². The summed E-state index contributed by atoms with van der Waals surface area (Å²) in [7, 11) is 0. The van der Waals surface area contributed by atoms with Gasteiger partial charge >= 0.3 is 0 Å². The Hall–Kier alpha value is -0.800. The van der Waals surface area contributed by atoms with Crippen molar-refractivity contribution in [3.05, 3.63) is 34.9 Å². The highest BCUT2D eigenvalue weighted by Gasteiger charge is 2.00. The molecule has 0 aliphatic rings. The van der Waals surface area contributed by atoms with Crippen LogP contribution in [0.2, 0.25) is 0 Å². The number of nitrogens with two attached hydrogens (primary N) is 1. The molecule has 0 amide bonds. The van der Waals surface area contributed by atoms with E-state index < -0.39 is 0 Å². The van der Waals surface area contributed by atoms with Gasteiger partial charge in [-0.15, -0.1) is 0 Å². The number of halogens is 1. The van der Waals surface area contributed by atoms with Crippen LogP contribution in [0.15, 0.2) is 34.9 Å². The number of aryl methyl sites for hydroxylation is 1. The summed E-state index contributed by atoms with van der Waals surface area (Å²) in [6.07, 6.45) is 3.14. The molecular weight excluding hydrogens is 240 g/mol. The van der Waals surface area contributed by atoms with Crippen molar-refractivity contribution in [1.29, 1.82) is 0 Å². The number of nitrogens with zero attached hydrogens (tertiary/aromatic N) is 1. The highest BCUT2D eigenvalue weighted by atomic mass is 79.9. The Morgan fingerprint density at radius 3 is 2.93 bits per heavy atom. The van der Waals surface area contributed by atoms with E-state index in [0.29, 0.717) is 0 Å². The first-order chi connectivity index (χ1) is 6.81. The highest BCUT2D eigenvalue weighted by molar-refractivity contribution is 9.10. The Labute approximate surface area is 91.8 Å². The van der Waals surface area contributed by atoms with Gasteiger partial charge in [-0.05, 0) is 36.6 Å². The van der Waals surface area contributed by atoms with Crippen LogP contribution in [-0.4, -0.2) is 11.1 Å². The summed E-state index contributed by atoms with van der Waals surface area (Å²) < 4.78 is 3.37. The molecule has 1 aromatic carbocycles. The largest absolute Gasteiger partial charge is 0.347 e. The molecule has 14 heavy (non-hydrogen) atoms. The predicted octanol–water partition coefficient (Wildman–Crippen LogP) is 2.75. The smallest absolute Gasteiger partial charge is 0.0491 e. The fourth-order valence-corrected chi connectivity index (χ4v) is 1.96. The molecular formula is C11H13BrN2.